The van der Waals surface area contributed by atoms with Crippen molar-refractivity contribution in [1.29, 1.82) is 0 Å². The highest BCUT2D eigenvalue weighted by atomic mass is 19.1. The van der Waals surface area contributed by atoms with Crippen molar-refractivity contribution in [2.75, 3.05) is 23.4 Å². The van der Waals surface area contributed by atoms with Gasteiger partial charge in [-0.25, -0.2) is 9.37 Å². The number of fused-ring (bicyclic) bond motifs is 5. The number of amides is 1. The molecule has 0 aliphatic carbocycles. The minimum atomic E-state index is -0.557. The zero-order valence-corrected chi connectivity index (χ0v) is 17.3. The maximum absolute atomic E-state index is 14.2. The van der Waals surface area contributed by atoms with Crippen LogP contribution in [0.3, 0.4) is 0 Å². The van der Waals surface area contributed by atoms with Gasteiger partial charge in [0.25, 0.3) is 5.91 Å². The summed E-state index contributed by atoms with van der Waals surface area (Å²) >= 11 is 0. The molecule has 0 spiro atoms. The molecule has 1 amide bonds. The lowest BCUT2D eigenvalue weighted by molar-refractivity contribution is 0.100. The first-order valence-corrected chi connectivity index (χ1v) is 10.6. The van der Waals surface area contributed by atoms with Crippen LogP contribution in [0.15, 0.2) is 36.5 Å². The lowest BCUT2D eigenvalue weighted by atomic mass is 10.0. The fourth-order valence-electron chi connectivity index (χ4n) is 4.49. The smallest absolute Gasteiger partial charge is 0.252 e. The molecular weight excluding hydrogens is 397 g/mol. The van der Waals surface area contributed by atoms with E-state index in [0.717, 1.165) is 30.8 Å². The summed E-state index contributed by atoms with van der Waals surface area (Å²) in [6.45, 7) is 3.25. The number of carbonyl (C=O) groups excluding carboxylic acids is 1. The fourth-order valence-corrected chi connectivity index (χ4v) is 4.49. The minimum absolute atomic E-state index is 0.0152. The Hall–Kier alpha value is -3.42. The van der Waals surface area contributed by atoms with E-state index in [2.05, 4.69) is 15.2 Å². The first-order valence-electron chi connectivity index (χ1n) is 10.6. The van der Waals surface area contributed by atoms with Crippen LogP contribution in [0.2, 0.25) is 0 Å². The van der Waals surface area contributed by atoms with Gasteiger partial charge in [0.05, 0.1) is 29.4 Å². The minimum Gasteiger partial charge on any atom is -0.493 e. The molecule has 0 radical (unpaired) electrons. The average Bonchev–Trinajstić information content (AvgIpc) is 3.23. The molecular formula is C23H24FN5O2. The van der Waals surface area contributed by atoms with Gasteiger partial charge in [0.1, 0.15) is 22.9 Å². The van der Waals surface area contributed by atoms with Crippen LogP contribution in [0.4, 0.5) is 15.9 Å². The first-order chi connectivity index (χ1) is 15.0. The van der Waals surface area contributed by atoms with Crippen LogP contribution in [0.1, 0.15) is 48.1 Å². The van der Waals surface area contributed by atoms with Crippen molar-refractivity contribution in [1.82, 2.24) is 9.97 Å². The Labute approximate surface area is 179 Å². The molecule has 0 saturated carbocycles. The summed E-state index contributed by atoms with van der Waals surface area (Å²) in [6, 6.07) is 8.47. The number of pyridine rings is 2. The van der Waals surface area contributed by atoms with Crippen molar-refractivity contribution in [2.24, 2.45) is 5.73 Å². The van der Waals surface area contributed by atoms with Crippen LogP contribution in [0, 0.1) is 5.82 Å². The van der Waals surface area contributed by atoms with E-state index < -0.39 is 5.91 Å². The van der Waals surface area contributed by atoms with Crippen molar-refractivity contribution in [3.8, 4) is 5.75 Å². The van der Waals surface area contributed by atoms with E-state index in [1.54, 1.807) is 12.1 Å². The Kier molecular flexibility index (Phi) is 4.84. The zero-order valence-electron chi connectivity index (χ0n) is 17.3. The summed E-state index contributed by atoms with van der Waals surface area (Å²) in [7, 11) is 0. The van der Waals surface area contributed by atoms with Gasteiger partial charge in [0, 0.05) is 30.8 Å². The van der Waals surface area contributed by atoms with Crippen LogP contribution < -0.4 is 20.7 Å². The van der Waals surface area contributed by atoms with Gasteiger partial charge >= 0.3 is 0 Å². The zero-order chi connectivity index (χ0) is 21.5. The molecule has 2 aliphatic heterocycles. The van der Waals surface area contributed by atoms with Crippen molar-refractivity contribution in [2.45, 2.75) is 38.3 Å². The second kappa shape index (κ2) is 7.68. The normalized spacial score (nSPS) is 20.6. The topological polar surface area (TPSA) is 93.4 Å². The number of benzene rings is 1. The van der Waals surface area contributed by atoms with Crippen LogP contribution >= 0.6 is 0 Å². The van der Waals surface area contributed by atoms with Crippen molar-refractivity contribution in [3.05, 3.63) is 53.5 Å². The summed E-state index contributed by atoms with van der Waals surface area (Å²) in [4.78, 5) is 23.5. The molecule has 8 heteroatoms. The lowest BCUT2D eigenvalue weighted by Crippen LogP contribution is -2.24. The summed E-state index contributed by atoms with van der Waals surface area (Å²) in [6.07, 6.45) is 4.00. The molecule has 0 unspecified atom stereocenters. The SMILES string of the molecule is C[C@@H]1CCOc2ccc(F)cc2[C@H]2CCCN2c2ccc3ncc(C(N)=O)c(c3n2)N1. The average molecular weight is 421 g/mol. The van der Waals surface area contributed by atoms with Crippen molar-refractivity contribution < 1.29 is 13.9 Å². The van der Waals surface area contributed by atoms with E-state index in [4.69, 9.17) is 15.5 Å². The standard InChI is InChI=1S/C23H24FN5O2/c1-13-8-10-31-19-6-4-14(24)11-15(19)18-3-2-9-29(18)20-7-5-17-22(28-20)21(27-13)16(12-26-17)23(25)30/h4-7,11-13,18,27H,2-3,8-10H2,1H3,(H2,25,30)/t13-,18-/m1/s1. The fraction of sp³-hybridized carbons (Fsp3) is 0.348. The van der Waals surface area contributed by atoms with E-state index >= 15 is 0 Å². The van der Waals surface area contributed by atoms with Crippen LogP contribution in [-0.2, 0) is 0 Å². The third-order valence-corrected chi connectivity index (χ3v) is 6.04. The summed E-state index contributed by atoms with van der Waals surface area (Å²) in [5, 5.41) is 3.40. The molecule has 3 aromatic rings. The molecule has 2 atom stereocenters. The summed E-state index contributed by atoms with van der Waals surface area (Å²) in [5.41, 5.74) is 8.64. The third kappa shape index (κ3) is 3.52. The first kappa shape index (κ1) is 19.5. The Balaban J connectivity index is 1.71. The molecule has 1 aromatic carbocycles. The van der Waals surface area contributed by atoms with E-state index in [9.17, 15) is 9.18 Å². The molecule has 2 aliphatic rings. The van der Waals surface area contributed by atoms with Gasteiger partial charge in [-0.3, -0.25) is 9.78 Å². The number of hydrogen-bond donors (Lipinski definition) is 2. The molecule has 160 valence electrons. The van der Waals surface area contributed by atoms with Crippen molar-refractivity contribution >= 4 is 28.4 Å². The largest absolute Gasteiger partial charge is 0.493 e. The second-order valence-corrected chi connectivity index (χ2v) is 8.16. The number of carbonyl (C=O) groups is 1. The van der Waals surface area contributed by atoms with Crippen LogP contribution in [0.25, 0.3) is 11.0 Å². The Morgan fingerprint density at radius 3 is 3.00 bits per heavy atom. The second-order valence-electron chi connectivity index (χ2n) is 8.16. The van der Waals surface area contributed by atoms with E-state index in [1.165, 1.54) is 12.3 Å². The highest BCUT2D eigenvalue weighted by Crippen LogP contribution is 2.41. The van der Waals surface area contributed by atoms with Crippen LogP contribution in [0.5, 0.6) is 5.75 Å². The predicted octanol–water partition coefficient (Wildman–Crippen LogP) is 3.79. The number of aromatic nitrogens is 2. The molecule has 5 rings (SSSR count). The van der Waals surface area contributed by atoms with Gasteiger partial charge in [-0.05, 0) is 50.1 Å². The molecule has 1 saturated heterocycles. The van der Waals surface area contributed by atoms with Gasteiger partial charge in [-0.15, -0.1) is 0 Å². The van der Waals surface area contributed by atoms with Gasteiger partial charge in [0.2, 0.25) is 0 Å². The maximum atomic E-state index is 14.2. The number of halogens is 1. The molecule has 3 N–H and O–H groups in total. The molecule has 2 aromatic heterocycles. The summed E-state index contributed by atoms with van der Waals surface area (Å²) < 4.78 is 20.3. The highest BCUT2D eigenvalue weighted by molar-refractivity contribution is 6.05. The summed E-state index contributed by atoms with van der Waals surface area (Å²) in [5.74, 6) is 0.614. The Morgan fingerprint density at radius 1 is 1.29 bits per heavy atom. The number of nitrogens with zero attached hydrogens (tertiary/aromatic N) is 3. The Bertz CT molecular complexity index is 1170. The Morgan fingerprint density at radius 2 is 2.16 bits per heavy atom. The van der Waals surface area contributed by atoms with E-state index in [1.807, 2.05) is 19.1 Å². The molecule has 2 bridgehead atoms. The van der Waals surface area contributed by atoms with E-state index in [0.29, 0.717) is 41.1 Å². The number of nitrogens with one attached hydrogen (secondary N) is 1. The third-order valence-electron chi connectivity index (χ3n) is 6.04. The number of primary amides is 1. The molecule has 7 nitrogen and oxygen atoms in total. The molecule has 4 heterocycles. The molecule has 31 heavy (non-hydrogen) atoms. The van der Waals surface area contributed by atoms with Crippen LogP contribution in [-0.4, -0.2) is 35.1 Å². The number of rotatable bonds is 1. The number of hydrogen-bond acceptors (Lipinski definition) is 6. The van der Waals surface area contributed by atoms with E-state index in [-0.39, 0.29) is 17.9 Å². The monoisotopic (exact) mass is 421 g/mol. The van der Waals surface area contributed by atoms with Gasteiger partial charge in [0.15, 0.2) is 0 Å². The number of nitrogens with two attached hydrogens (primary N) is 1. The number of ether oxygens (including phenoxy) is 1. The molecule has 1 fully saturated rings. The maximum Gasteiger partial charge on any atom is 0.252 e. The van der Waals surface area contributed by atoms with Gasteiger partial charge in [-0.2, -0.15) is 0 Å². The van der Waals surface area contributed by atoms with Gasteiger partial charge < -0.3 is 20.7 Å². The predicted molar refractivity (Wildman–Crippen MR) is 117 cm³/mol. The van der Waals surface area contributed by atoms with Gasteiger partial charge in [-0.1, -0.05) is 0 Å². The van der Waals surface area contributed by atoms with Crippen molar-refractivity contribution in [3.63, 3.8) is 0 Å². The highest BCUT2D eigenvalue weighted by Gasteiger charge is 2.31. The lowest BCUT2D eigenvalue weighted by Gasteiger charge is -2.28. The quantitative estimate of drug-likeness (QED) is 0.621. The number of anilines is 2.